The Labute approximate surface area is 175 Å². The molecule has 0 aliphatic heterocycles. The van der Waals surface area contributed by atoms with Crippen LogP contribution in [0.25, 0.3) is 11.3 Å². The van der Waals surface area contributed by atoms with E-state index >= 15 is 0 Å². The van der Waals surface area contributed by atoms with Gasteiger partial charge in [0.25, 0.3) is 5.91 Å². The molecule has 2 aromatic heterocycles. The van der Waals surface area contributed by atoms with Crippen LogP contribution in [0.1, 0.15) is 21.5 Å². The molecule has 0 saturated heterocycles. The zero-order valence-corrected chi connectivity index (χ0v) is 16.5. The van der Waals surface area contributed by atoms with Crippen LogP contribution in [0.4, 0.5) is 11.6 Å². The molecule has 0 radical (unpaired) electrons. The molecule has 1 amide bonds. The van der Waals surface area contributed by atoms with Crippen LogP contribution in [-0.4, -0.2) is 20.9 Å². The van der Waals surface area contributed by atoms with Crippen molar-refractivity contribution in [3.63, 3.8) is 0 Å². The lowest BCUT2D eigenvalue weighted by Gasteiger charge is -2.10. The molecule has 0 spiro atoms. The van der Waals surface area contributed by atoms with Gasteiger partial charge in [-0.05, 0) is 60.5 Å². The summed E-state index contributed by atoms with van der Waals surface area (Å²) in [5.41, 5.74) is 5.34. The van der Waals surface area contributed by atoms with Crippen molar-refractivity contribution in [1.82, 2.24) is 15.0 Å². The highest BCUT2D eigenvalue weighted by atomic mass is 16.1. The fourth-order valence-electron chi connectivity index (χ4n) is 3.05. The van der Waals surface area contributed by atoms with Crippen LogP contribution in [0.2, 0.25) is 0 Å². The third-order valence-corrected chi connectivity index (χ3v) is 4.67. The summed E-state index contributed by atoms with van der Waals surface area (Å²) in [5.74, 6) is 0.416. The normalized spacial score (nSPS) is 10.4. The molecule has 2 heterocycles. The molecule has 6 nitrogen and oxygen atoms in total. The average Bonchev–Trinajstić information content (AvgIpc) is 2.80. The van der Waals surface area contributed by atoms with Crippen molar-refractivity contribution in [1.29, 1.82) is 0 Å². The minimum Gasteiger partial charge on any atom is -0.350 e. The van der Waals surface area contributed by atoms with E-state index in [1.165, 1.54) is 0 Å². The quantitative estimate of drug-likeness (QED) is 0.494. The predicted molar refractivity (Wildman–Crippen MR) is 118 cm³/mol. The van der Waals surface area contributed by atoms with Crippen LogP contribution in [0, 0.1) is 6.92 Å². The first-order valence-corrected chi connectivity index (χ1v) is 9.62. The monoisotopic (exact) mass is 395 g/mol. The number of carbonyl (C=O) groups excluding carboxylic acids is 1. The van der Waals surface area contributed by atoms with Crippen molar-refractivity contribution in [2.24, 2.45) is 0 Å². The Kier molecular flexibility index (Phi) is 5.75. The topological polar surface area (TPSA) is 79.8 Å². The number of rotatable bonds is 6. The van der Waals surface area contributed by atoms with Crippen molar-refractivity contribution in [3.05, 3.63) is 102 Å². The highest BCUT2D eigenvalue weighted by Crippen LogP contribution is 2.25. The molecular weight excluding hydrogens is 374 g/mol. The zero-order valence-electron chi connectivity index (χ0n) is 16.5. The molecule has 4 rings (SSSR count). The van der Waals surface area contributed by atoms with E-state index in [0.29, 0.717) is 18.1 Å². The largest absolute Gasteiger partial charge is 0.350 e. The highest BCUT2D eigenvalue weighted by molar-refractivity contribution is 6.04. The third kappa shape index (κ3) is 4.67. The van der Waals surface area contributed by atoms with E-state index in [2.05, 4.69) is 25.6 Å². The number of nitrogens with one attached hydrogen (secondary N) is 2. The number of hydrogen-bond acceptors (Lipinski definition) is 5. The Balaban J connectivity index is 1.43. The van der Waals surface area contributed by atoms with E-state index in [4.69, 9.17) is 0 Å². The van der Waals surface area contributed by atoms with Crippen LogP contribution >= 0.6 is 0 Å². The van der Waals surface area contributed by atoms with E-state index < -0.39 is 0 Å². The van der Waals surface area contributed by atoms with Gasteiger partial charge in [0.2, 0.25) is 5.95 Å². The van der Waals surface area contributed by atoms with Crippen LogP contribution in [-0.2, 0) is 6.54 Å². The molecular formula is C24H21N5O. The number of aryl methyl sites for hydroxylation is 1. The van der Waals surface area contributed by atoms with Gasteiger partial charge in [0.05, 0.1) is 5.69 Å². The van der Waals surface area contributed by atoms with Gasteiger partial charge >= 0.3 is 0 Å². The lowest BCUT2D eigenvalue weighted by Crippen LogP contribution is -2.12. The maximum atomic E-state index is 12.7. The van der Waals surface area contributed by atoms with E-state index in [0.717, 1.165) is 28.1 Å². The summed E-state index contributed by atoms with van der Waals surface area (Å²) in [6.45, 7) is 2.61. The summed E-state index contributed by atoms with van der Waals surface area (Å²) in [5, 5.41) is 6.12. The molecule has 0 unspecified atom stereocenters. The van der Waals surface area contributed by atoms with Crippen LogP contribution in [0.3, 0.4) is 0 Å². The Morgan fingerprint density at radius 1 is 0.867 bits per heavy atom. The summed E-state index contributed by atoms with van der Waals surface area (Å²) < 4.78 is 0. The lowest BCUT2D eigenvalue weighted by molar-refractivity contribution is 0.102. The molecule has 0 saturated carbocycles. The number of anilines is 2. The molecule has 0 fully saturated rings. The van der Waals surface area contributed by atoms with Crippen molar-refractivity contribution in [2.45, 2.75) is 13.5 Å². The van der Waals surface area contributed by atoms with Gasteiger partial charge in [-0.25, -0.2) is 9.97 Å². The van der Waals surface area contributed by atoms with Crippen LogP contribution < -0.4 is 10.6 Å². The lowest BCUT2D eigenvalue weighted by atomic mass is 10.0. The van der Waals surface area contributed by atoms with Gasteiger partial charge < -0.3 is 10.6 Å². The molecule has 0 aliphatic rings. The molecule has 30 heavy (non-hydrogen) atoms. The fourth-order valence-corrected chi connectivity index (χ4v) is 3.05. The van der Waals surface area contributed by atoms with Gasteiger partial charge in [0.15, 0.2) is 0 Å². The van der Waals surface area contributed by atoms with Gasteiger partial charge in [0.1, 0.15) is 0 Å². The third-order valence-electron chi connectivity index (χ3n) is 4.67. The SMILES string of the molecule is Cc1ccc(NC(=O)c2ccc(CNc3ncccn3)cc2)cc1-c1ccccn1. The number of amides is 1. The molecule has 148 valence electrons. The van der Waals surface area contributed by atoms with Gasteiger partial charge in [-0.1, -0.05) is 24.3 Å². The van der Waals surface area contributed by atoms with E-state index in [9.17, 15) is 4.79 Å². The second-order valence-corrected chi connectivity index (χ2v) is 6.82. The van der Waals surface area contributed by atoms with Gasteiger partial charge in [-0.15, -0.1) is 0 Å². The Bertz CT molecular complexity index is 1130. The summed E-state index contributed by atoms with van der Waals surface area (Å²) >= 11 is 0. The molecule has 2 N–H and O–H groups in total. The summed E-state index contributed by atoms with van der Waals surface area (Å²) in [7, 11) is 0. The molecule has 6 heteroatoms. The number of nitrogens with zero attached hydrogens (tertiary/aromatic N) is 3. The van der Waals surface area contributed by atoms with E-state index in [1.807, 2.05) is 67.6 Å². The summed E-state index contributed by atoms with van der Waals surface area (Å²) in [6, 6.07) is 20.9. The highest BCUT2D eigenvalue weighted by Gasteiger charge is 2.09. The number of carbonyl (C=O) groups is 1. The molecule has 0 aliphatic carbocycles. The first-order chi connectivity index (χ1) is 14.7. The Morgan fingerprint density at radius 3 is 2.37 bits per heavy atom. The minimum atomic E-state index is -0.156. The Morgan fingerprint density at radius 2 is 1.63 bits per heavy atom. The number of pyridine rings is 1. The smallest absolute Gasteiger partial charge is 0.255 e. The average molecular weight is 395 g/mol. The molecule has 4 aromatic rings. The van der Waals surface area contributed by atoms with Crippen LogP contribution in [0.15, 0.2) is 85.3 Å². The maximum Gasteiger partial charge on any atom is 0.255 e. The van der Waals surface area contributed by atoms with Gasteiger partial charge in [-0.3, -0.25) is 9.78 Å². The van der Waals surface area contributed by atoms with Crippen molar-refractivity contribution in [3.8, 4) is 11.3 Å². The number of aromatic nitrogens is 3. The maximum absolute atomic E-state index is 12.7. The molecule has 2 aromatic carbocycles. The number of hydrogen-bond donors (Lipinski definition) is 2. The zero-order chi connectivity index (χ0) is 20.8. The Hall–Kier alpha value is -4.06. The second kappa shape index (κ2) is 8.96. The van der Waals surface area contributed by atoms with Gasteiger partial charge in [-0.2, -0.15) is 0 Å². The van der Waals surface area contributed by atoms with E-state index in [-0.39, 0.29) is 5.91 Å². The standard InChI is InChI=1S/C24H21N5O/c1-17-6-11-20(15-21(17)22-5-2-3-12-25-22)29-23(30)19-9-7-18(8-10-19)16-28-24-26-13-4-14-27-24/h2-15H,16H2,1H3,(H,29,30)(H,26,27,28). The van der Waals surface area contributed by atoms with Crippen molar-refractivity contribution in [2.75, 3.05) is 10.6 Å². The van der Waals surface area contributed by atoms with Crippen molar-refractivity contribution < 1.29 is 4.79 Å². The van der Waals surface area contributed by atoms with Crippen molar-refractivity contribution >= 4 is 17.5 Å². The summed E-state index contributed by atoms with van der Waals surface area (Å²) in [4.78, 5) is 25.3. The second-order valence-electron chi connectivity index (χ2n) is 6.82. The summed E-state index contributed by atoms with van der Waals surface area (Å²) in [6.07, 6.45) is 5.14. The molecule has 0 atom stereocenters. The number of benzene rings is 2. The predicted octanol–water partition coefficient (Wildman–Crippen LogP) is 4.71. The van der Waals surface area contributed by atoms with Crippen LogP contribution in [0.5, 0.6) is 0 Å². The molecule has 0 bridgehead atoms. The van der Waals surface area contributed by atoms with Gasteiger partial charge in [0, 0.05) is 41.9 Å². The fraction of sp³-hybridized carbons (Fsp3) is 0.0833. The first kappa shape index (κ1) is 19.3. The minimum absolute atomic E-state index is 0.156. The first-order valence-electron chi connectivity index (χ1n) is 9.62. The van der Waals surface area contributed by atoms with E-state index in [1.54, 1.807) is 24.7 Å².